The molecule has 1 heterocycles. The molecule has 0 saturated carbocycles. The van der Waals surface area contributed by atoms with E-state index in [0.29, 0.717) is 6.54 Å². The zero-order chi connectivity index (χ0) is 20.6. The number of halogens is 5. The Labute approximate surface area is 194 Å². The molecule has 2 aromatic carbocycles. The van der Waals surface area contributed by atoms with E-state index < -0.39 is 11.7 Å². The van der Waals surface area contributed by atoms with E-state index in [9.17, 15) is 13.2 Å². The highest BCUT2D eigenvalue weighted by molar-refractivity contribution is 5.85. The SMILES string of the molecule is Cc1ccc([C@@H]2C[C@@H](N3CCN(CCO)CC3)c3cc(C(F)(F)F)ccc32)cc1.Cl.Cl. The van der Waals surface area contributed by atoms with Crippen molar-refractivity contribution in [2.24, 2.45) is 0 Å². The molecule has 0 spiro atoms. The van der Waals surface area contributed by atoms with Gasteiger partial charge in [-0.25, -0.2) is 0 Å². The first-order valence-corrected chi connectivity index (χ1v) is 10.2. The Morgan fingerprint density at radius 3 is 2.16 bits per heavy atom. The van der Waals surface area contributed by atoms with E-state index in [2.05, 4.69) is 34.1 Å². The van der Waals surface area contributed by atoms with Gasteiger partial charge in [0, 0.05) is 44.7 Å². The predicted octanol–water partition coefficient (Wildman–Crippen LogP) is 5.04. The first-order valence-electron chi connectivity index (χ1n) is 10.2. The third-order valence-corrected chi connectivity index (χ3v) is 6.35. The molecule has 0 amide bonds. The summed E-state index contributed by atoms with van der Waals surface area (Å²) in [5, 5.41) is 9.15. The van der Waals surface area contributed by atoms with Crippen LogP contribution >= 0.6 is 24.8 Å². The zero-order valence-electron chi connectivity index (χ0n) is 17.4. The van der Waals surface area contributed by atoms with Gasteiger partial charge in [0.05, 0.1) is 12.2 Å². The number of hydrogen-bond acceptors (Lipinski definition) is 3. The topological polar surface area (TPSA) is 26.7 Å². The summed E-state index contributed by atoms with van der Waals surface area (Å²) in [7, 11) is 0. The average Bonchev–Trinajstić information content (AvgIpc) is 3.08. The minimum absolute atomic E-state index is 0. The second kappa shape index (κ2) is 10.5. The van der Waals surface area contributed by atoms with Crippen LogP contribution in [0, 0.1) is 6.92 Å². The van der Waals surface area contributed by atoms with Crippen LogP contribution in [0.3, 0.4) is 0 Å². The lowest BCUT2D eigenvalue weighted by Crippen LogP contribution is -2.48. The fourth-order valence-corrected chi connectivity index (χ4v) is 4.73. The molecular weight excluding hydrogens is 448 g/mol. The predicted molar refractivity (Wildman–Crippen MR) is 121 cm³/mol. The Balaban J connectivity index is 0.00000171. The Morgan fingerprint density at radius 2 is 1.58 bits per heavy atom. The van der Waals surface area contributed by atoms with Crippen molar-refractivity contribution >= 4 is 24.8 Å². The Bertz CT molecular complexity index is 853. The standard InChI is InChI=1S/C23H27F3N2O.2ClH/c1-16-2-4-17(5-3-16)20-15-22(28-10-8-27(9-11-28)12-13-29)21-14-18(23(24,25)26)6-7-19(20)21;;/h2-7,14,20,22,29H,8-13,15H2,1H3;2*1H/t20-,22+;;/m0../s1. The fraction of sp³-hybridized carbons (Fsp3) is 0.478. The Hall–Kier alpha value is -1.31. The number of alkyl halides is 3. The van der Waals surface area contributed by atoms with Crippen molar-refractivity contribution in [3.05, 3.63) is 70.3 Å². The molecule has 8 heteroatoms. The summed E-state index contributed by atoms with van der Waals surface area (Å²) < 4.78 is 40.1. The van der Waals surface area contributed by atoms with Crippen molar-refractivity contribution in [3.63, 3.8) is 0 Å². The zero-order valence-corrected chi connectivity index (χ0v) is 19.1. The quantitative estimate of drug-likeness (QED) is 0.668. The lowest BCUT2D eigenvalue weighted by molar-refractivity contribution is -0.137. The maximum Gasteiger partial charge on any atom is 0.416 e. The number of aryl methyl sites for hydroxylation is 1. The van der Waals surface area contributed by atoms with Crippen molar-refractivity contribution in [1.29, 1.82) is 0 Å². The number of benzene rings is 2. The third kappa shape index (κ3) is 5.55. The van der Waals surface area contributed by atoms with Gasteiger partial charge in [-0.1, -0.05) is 35.9 Å². The van der Waals surface area contributed by atoms with Crippen LogP contribution in [0.1, 0.15) is 46.2 Å². The molecule has 1 fully saturated rings. The molecule has 0 bridgehead atoms. The van der Waals surface area contributed by atoms with Gasteiger partial charge in [0.2, 0.25) is 0 Å². The summed E-state index contributed by atoms with van der Waals surface area (Å²) in [5.74, 6) is 0.119. The molecule has 0 radical (unpaired) electrons. The molecule has 1 N–H and O–H groups in total. The van der Waals surface area contributed by atoms with Crippen LogP contribution < -0.4 is 0 Å². The average molecular weight is 477 g/mol. The Morgan fingerprint density at radius 1 is 0.935 bits per heavy atom. The van der Waals surface area contributed by atoms with Crippen LogP contribution in [0.25, 0.3) is 0 Å². The number of rotatable bonds is 4. The Kier molecular flexibility index (Phi) is 8.82. The van der Waals surface area contributed by atoms with E-state index in [1.807, 2.05) is 6.92 Å². The number of β-amino-alcohol motifs (C(OH)–C–C–N with tert-alkyl or cyclic N) is 1. The third-order valence-electron chi connectivity index (χ3n) is 6.35. The molecule has 1 aliphatic carbocycles. The summed E-state index contributed by atoms with van der Waals surface area (Å²) in [6, 6.07) is 12.6. The highest BCUT2D eigenvalue weighted by Gasteiger charge is 2.39. The summed E-state index contributed by atoms with van der Waals surface area (Å²) in [4.78, 5) is 4.52. The first-order chi connectivity index (χ1) is 13.9. The van der Waals surface area contributed by atoms with Gasteiger partial charge >= 0.3 is 6.18 Å². The summed E-state index contributed by atoms with van der Waals surface area (Å²) in [6.07, 6.45) is -3.53. The van der Waals surface area contributed by atoms with Crippen molar-refractivity contribution in [3.8, 4) is 0 Å². The van der Waals surface area contributed by atoms with Crippen molar-refractivity contribution in [2.75, 3.05) is 39.3 Å². The normalized spacial score (nSPS) is 21.8. The van der Waals surface area contributed by atoms with Crippen molar-refractivity contribution < 1.29 is 18.3 Å². The molecule has 2 atom stereocenters. The van der Waals surface area contributed by atoms with E-state index >= 15 is 0 Å². The van der Waals surface area contributed by atoms with Crippen LogP contribution in [0.4, 0.5) is 13.2 Å². The van der Waals surface area contributed by atoms with E-state index in [1.165, 1.54) is 17.7 Å². The van der Waals surface area contributed by atoms with Gasteiger partial charge in [0.15, 0.2) is 0 Å². The largest absolute Gasteiger partial charge is 0.416 e. The van der Waals surface area contributed by atoms with E-state index in [0.717, 1.165) is 49.3 Å². The summed E-state index contributed by atoms with van der Waals surface area (Å²) in [5.41, 5.74) is 3.62. The van der Waals surface area contributed by atoms with Crippen LogP contribution in [0.15, 0.2) is 42.5 Å². The number of aliphatic hydroxyl groups is 1. The van der Waals surface area contributed by atoms with E-state index in [-0.39, 0.29) is 43.4 Å². The molecule has 4 rings (SSSR count). The fourth-order valence-electron chi connectivity index (χ4n) is 4.73. The van der Waals surface area contributed by atoms with Crippen LogP contribution in [-0.2, 0) is 6.18 Å². The molecule has 3 nitrogen and oxygen atoms in total. The molecule has 172 valence electrons. The van der Waals surface area contributed by atoms with Gasteiger partial charge in [-0.3, -0.25) is 9.80 Å². The van der Waals surface area contributed by atoms with Gasteiger partial charge in [-0.2, -0.15) is 13.2 Å². The monoisotopic (exact) mass is 476 g/mol. The first kappa shape index (κ1) is 25.9. The van der Waals surface area contributed by atoms with Crippen LogP contribution in [0.5, 0.6) is 0 Å². The van der Waals surface area contributed by atoms with Gasteiger partial charge < -0.3 is 5.11 Å². The highest BCUT2D eigenvalue weighted by Crippen LogP contribution is 2.48. The van der Waals surface area contributed by atoms with Gasteiger partial charge in [0.1, 0.15) is 0 Å². The smallest absolute Gasteiger partial charge is 0.395 e. The maximum absolute atomic E-state index is 13.4. The maximum atomic E-state index is 13.4. The number of nitrogens with zero attached hydrogens (tertiary/aromatic N) is 2. The molecule has 1 aliphatic heterocycles. The minimum Gasteiger partial charge on any atom is -0.395 e. The second-order valence-electron chi connectivity index (χ2n) is 8.16. The summed E-state index contributed by atoms with van der Waals surface area (Å²) in [6.45, 7) is 6.11. The number of aliphatic hydroxyl groups excluding tert-OH is 1. The molecule has 0 unspecified atom stereocenters. The molecule has 31 heavy (non-hydrogen) atoms. The molecule has 0 aromatic heterocycles. The van der Waals surface area contributed by atoms with Gasteiger partial charge in [0.25, 0.3) is 0 Å². The van der Waals surface area contributed by atoms with Crippen LogP contribution in [-0.4, -0.2) is 54.2 Å². The van der Waals surface area contributed by atoms with Crippen LogP contribution in [0.2, 0.25) is 0 Å². The number of fused-ring (bicyclic) bond motifs is 1. The van der Waals surface area contributed by atoms with Gasteiger partial charge in [-0.05, 0) is 42.2 Å². The molecule has 2 aromatic rings. The number of piperazine rings is 1. The molecule has 1 saturated heterocycles. The van der Waals surface area contributed by atoms with Gasteiger partial charge in [-0.15, -0.1) is 24.8 Å². The van der Waals surface area contributed by atoms with Crippen molar-refractivity contribution in [1.82, 2.24) is 9.80 Å². The molecular formula is C23H29Cl2F3N2O. The highest BCUT2D eigenvalue weighted by atomic mass is 35.5. The minimum atomic E-state index is -4.33. The lowest BCUT2D eigenvalue weighted by atomic mass is 9.92. The van der Waals surface area contributed by atoms with E-state index in [4.69, 9.17) is 5.11 Å². The summed E-state index contributed by atoms with van der Waals surface area (Å²) >= 11 is 0. The van der Waals surface area contributed by atoms with Crippen molar-refractivity contribution in [2.45, 2.75) is 31.5 Å². The lowest BCUT2D eigenvalue weighted by Gasteiger charge is -2.38. The van der Waals surface area contributed by atoms with E-state index in [1.54, 1.807) is 6.07 Å². The second-order valence-corrected chi connectivity index (χ2v) is 8.16. The molecule has 2 aliphatic rings. The number of hydrogen-bond donors (Lipinski definition) is 1.